The largest absolute Gasteiger partial charge is 0.312 e. The second-order valence-electron chi connectivity index (χ2n) is 3.48. The predicted molar refractivity (Wildman–Crippen MR) is 64.1 cm³/mol. The van der Waals surface area contributed by atoms with E-state index in [0.717, 1.165) is 18.7 Å². The van der Waals surface area contributed by atoms with Crippen molar-refractivity contribution in [3.63, 3.8) is 0 Å². The second-order valence-corrected chi connectivity index (χ2v) is 3.48. The van der Waals surface area contributed by atoms with Crippen molar-refractivity contribution < 1.29 is 4.79 Å². The molecule has 0 N–H and O–H groups in total. The summed E-state index contributed by atoms with van der Waals surface area (Å²) in [6.07, 6.45) is 1.70. The van der Waals surface area contributed by atoms with Crippen LogP contribution in [-0.2, 0) is 4.79 Å². The average molecular weight is 205 g/mol. The van der Waals surface area contributed by atoms with Crippen molar-refractivity contribution in [2.75, 3.05) is 11.4 Å². The molecule has 1 saturated heterocycles. The van der Waals surface area contributed by atoms with Crippen LogP contribution in [0, 0.1) is 6.92 Å². The molecule has 1 fully saturated rings. The number of nitrogens with zero attached hydrogens (tertiary/aromatic N) is 1. The Morgan fingerprint density at radius 1 is 1.13 bits per heavy atom. The fourth-order valence-corrected chi connectivity index (χ4v) is 1.65. The summed E-state index contributed by atoms with van der Waals surface area (Å²) in [6.45, 7) is 6.93. The molecule has 1 heterocycles. The summed E-state index contributed by atoms with van der Waals surface area (Å²) < 4.78 is 0. The Morgan fingerprint density at radius 2 is 1.73 bits per heavy atom. The Hall–Kier alpha value is -1.31. The quantitative estimate of drug-likeness (QED) is 0.689. The third-order valence-corrected chi connectivity index (χ3v) is 2.42. The summed E-state index contributed by atoms with van der Waals surface area (Å²) in [5, 5.41) is 0. The zero-order valence-corrected chi connectivity index (χ0v) is 9.79. The van der Waals surface area contributed by atoms with Crippen LogP contribution in [0.2, 0.25) is 0 Å². The Labute approximate surface area is 91.9 Å². The topological polar surface area (TPSA) is 20.3 Å². The smallest absolute Gasteiger partial charge is 0.227 e. The molecule has 0 radical (unpaired) electrons. The monoisotopic (exact) mass is 205 g/mol. The molecule has 0 spiro atoms. The third kappa shape index (κ3) is 2.82. The van der Waals surface area contributed by atoms with Crippen LogP contribution in [0.5, 0.6) is 0 Å². The first-order chi connectivity index (χ1) is 7.27. The standard InChI is InChI=1S/C11H13NO.C2H6/c1-9-4-6-10(7-5-9)12-8-2-3-11(12)13;1-2/h4-7H,2-3,8H2,1H3;1-2H3. The second kappa shape index (κ2) is 5.54. The SMILES string of the molecule is CC.Cc1ccc(N2CCCC2=O)cc1. The van der Waals surface area contributed by atoms with E-state index in [1.807, 2.05) is 43.0 Å². The van der Waals surface area contributed by atoms with E-state index >= 15 is 0 Å². The molecule has 1 aromatic carbocycles. The zero-order valence-electron chi connectivity index (χ0n) is 9.79. The number of amides is 1. The van der Waals surface area contributed by atoms with Crippen LogP contribution in [0.1, 0.15) is 32.3 Å². The van der Waals surface area contributed by atoms with Gasteiger partial charge in [-0.2, -0.15) is 0 Å². The van der Waals surface area contributed by atoms with Crippen LogP contribution in [-0.4, -0.2) is 12.5 Å². The first kappa shape index (κ1) is 11.8. The lowest BCUT2D eigenvalue weighted by molar-refractivity contribution is -0.117. The maximum atomic E-state index is 11.4. The minimum absolute atomic E-state index is 0.254. The van der Waals surface area contributed by atoms with Crippen LogP contribution in [0.15, 0.2) is 24.3 Å². The average Bonchev–Trinajstić information content (AvgIpc) is 2.69. The van der Waals surface area contributed by atoms with E-state index in [9.17, 15) is 4.79 Å². The molecule has 2 heteroatoms. The lowest BCUT2D eigenvalue weighted by Gasteiger charge is -2.15. The van der Waals surface area contributed by atoms with Gasteiger partial charge in [0.15, 0.2) is 0 Å². The van der Waals surface area contributed by atoms with Gasteiger partial charge in [-0.05, 0) is 25.5 Å². The maximum Gasteiger partial charge on any atom is 0.227 e. The summed E-state index contributed by atoms with van der Waals surface area (Å²) in [5.74, 6) is 0.254. The number of hydrogen-bond donors (Lipinski definition) is 0. The highest BCUT2D eigenvalue weighted by molar-refractivity contribution is 5.95. The zero-order chi connectivity index (χ0) is 11.3. The summed E-state index contributed by atoms with van der Waals surface area (Å²) in [7, 11) is 0. The Kier molecular flexibility index (Phi) is 4.35. The minimum Gasteiger partial charge on any atom is -0.312 e. The van der Waals surface area contributed by atoms with Crippen LogP contribution in [0.4, 0.5) is 5.69 Å². The van der Waals surface area contributed by atoms with E-state index in [0.29, 0.717) is 6.42 Å². The molecule has 1 amide bonds. The van der Waals surface area contributed by atoms with Gasteiger partial charge in [-0.15, -0.1) is 0 Å². The van der Waals surface area contributed by atoms with Crippen molar-refractivity contribution >= 4 is 11.6 Å². The van der Waals surface area contributed by atoms with E-state index in [1.165, 1.54) is 5.56 Å². The number of benzene rings is 1. The maximum absolute atomic E-state index is 11.4. The normalized spacial score (nSPS) is 14.9. The van der Waals surface area contributed by atoms with Gasteiger partial charge in [-0.25, -0.2) is 0 Å². The van der Waals surface area contributed by atoms with Crippen LogP contribution < -0.4 is 4.90 Å². The van der Waals surface area contributed by atoms with E-state index in [-0.39, 0.29) is 5.91 Å². The number of carbonyl (C=O) groups excluding carboxylic acids is 1. The lowest BCUT2D eigenvalue weighted by Crippen LogP contribution is -2.23. The Bertz CT molecular complexity index is 316. The molecule has 82 valence electrons. The molecular weight excluding hydrogens is 186 g/mol. The van der Waals surface area contributed by atoms with Gasteiger partial charge >= 0.3 is 0 Å². The van der Waals surface area contributed by atoms with Crippen molar-refractivity contribution in [1.29, 1.82) is 0 Å². The highest BCUT2D eigenvalue weighted by Gasteiger charge is 2.20. The Morgan fingerprint density at radius 3 is 2.20 bits per heavy atom. The molecule has 0 aliphatic carbocycles. The predicted octanol–water partition coefficient (Wildman–Crippen LogP) is 3.15. The number of anilines is 1. The van der Waals surface area contributed by atoms with E-state index in [1.54, 1.807) is 0 Å². The van der Waals surface area contributed by atoms with Gasteiger partial charge in [0, 0.05) is 18.7 Å². The highest BCUT2D eigenvalue weighted by atomic mass is 16.2. The Balaban J connectivity index is 0.000000531. The molecule has 0 unspecified atom stereocenters. The molecule has 0 atom stereocenters. The third-order valence-electron chi connectivity index (χ3n) is 2.42. The molecule has 0 saturated carbocycles. The van der Waals surface area contributed by atoms with Crippen LogP contribution in [0.25, 0.3) is 0 Å². The van der Waals surface area contributed by atoms with Crippen molar-refractivity contribution in [2.24, 2.45) is 0 Å². The summed E-state index contributed by atoms with van der Waals surface area (Å²) >= 11 is 0. The molecule has 1 aromatic rings. The molecule has 15 heavy (non-hydrogen) atoms. The van der Waals surface area contributed by atoms with Crippen LogP contribution >= 0.6 is 0 Å². The highest BCUT2D eigenvalue weighted by Crippen LogP contribution is 2.21. The number of rotatable bonds is 1. The molecule has 0 aromatic heterocycles. The van der Waals surface area contributed by atoms with Gasteiger partial charge in [-0.3, -0.25) is 4.79 Å². The lowest BCUT2D eigenvalue weighted by atomic mass is 10.2. The van der Waals surface area contributed by atoms with Gasteiger partial charge in [0.05, 0.1) is 0 Å². The molecule has 1 aliphatic heterocycles. The number of carbonyl (C=O) groups is 1. The van der Waals surface area contributed by atoms with E-state index in [4.69, 9.17) is 0 Å². The molecule has 2 rings (SSSR count). The molecule has 1 aliphatic rings. The fourth-order valence-electron chi connectivity index (χ4n) is 1.65. The fraction of sp³-hybridized carbons (Fsp3) is 0.462. The number of aryl methyl sites for hydroxylation is 1. The van der Waals surface area contributed by atoms with Crippen molar-refractivity contribution in [1.82, 2.24) is 0 Å². The van der Waals surface area contributed by atoms with Gasteiger partial charge in [0.25, 0.3) is 0 Å². The first-order valence-electron chi connectivity index (χ1n) is 5.64. The summed E-state index contributed by atoms with van der Waals surface area (Å²) in [4.78, 5) is 13.2. The van der Waals surface area contributed by atoms with Crippen molar-refractivity contribution in [3.05, 3.63) is 29.8 Å². The van der Waals surface area contributed by atoms with E-state index < -0.39 is 0 Å². The minimum atomic E-state index is 0.254. The molecule has 2 nitrogen and oxygen atoms in total. The first-order valence-corrected chi connectivity index (χ1v) is 5.64. The molecule has 0 bridgehead atoms. The van der Waals surface area contributed by atoms with Gasteiger partial charge in [-0.1, -0.05) is 31.5 Å². The summed E-state index contributed by atoms with van der Waals surface area (Å²) in [5.41, 5.74) is 2.27. The van der Waals surface area contributed by atoms with Gasteiger partial charge < -0.3 is 4.90 Å². The summed E-state index contributed by atoms with van der Waals surface area (Å²) in [6, 6.07) is 8.11. The van der Waals surface area contributed by atoms with Gasteiger partial charge in [0.1, 0.15) is 0 Å². The van der Waals surface area contributed by atoms with E-state index in [2.05, 4.69) is 6.92 Å². The van der Waals surface area contributed by atoms with Gasteiger partial charge in [0.2, 0.25) is 5.91 Å². The van der Waals surface area contributed by atoms with Crippen molar-refractivity contribution in [3.8, 4) is 0 Å². The van der Waals surface area contributed by atoms with Crippen LogP contribution in [0.3, 0.4) is 0 Å². The van der Waals surface area contributed by atoms with Crippen molar-refractivity contribution in [2.45, 2.75) is 33.6 Å². The number of hydrogen-bond acceptors (Lipinski definition) is 1. The molecular formula is C13H19NO.